The molecule has 0 radical (unpaired) electrons. The summed E-state index contributed by atoms with van der Waals surface area (Å²) in [6, 6.07) is 18.7. The van der Waals surface area contributed by atoms with Crippen molar-refractivity contribution in [1.29, 1.82) is 0 Å². The maximum atomic E-state index is 4.59. The van der Waals surface area contributed by atoms with E-state index in [4.69, 9.17) is 0 Å². The van der Waals surface area contributed by atoms with Crippen molar-refractivity contribution in [1.82, 2.24) is 0 Å². The van der Waals surface area contributed by atoms with Crippen LogP contribution in [-0.4, -0.2) is 0 Å². The van der Waals surface area contributed by atoms with Gasteiger partial charge in [-0.3, -0.25) is 0 Å². The standard InChI is InChI=1S/C45H56/c1-7-35(28-36(8-2)40-21-19-39(20-22-40)34(6)38-11-9-12-38)32(4)27-33(5)37-17-23-42(24-18-37)44(41-15-13-31(3)14-16-41)43-29-45(30-43)25-10-26-45/h7-8,13-18,23-24,28,33,38-40H,2,4,6,9-12,19-22,25-27,29-30H2,1,3,5H3/b35-7+,36-28+. The minimum atomic E-state index is 0.410. The van der Waals surface area contributed by atoms with Gasteiger partial charge in [0.05, 0.1) is 0 Å². The van der Waals surface area contributed by atoms with Crippen molar-refractivity contribution < 1.29 is 0 Å². The molecule has 6 rings (SSSR count). The summed E-state index contributed by atoms with van der Waals surface area (Å²) in [6.07, 6.45) is 23.8. The van der Waals surface area contributed by atoms with Gasteiger partial charge in [-0.15, -0.1) is 0 Å². The highest BCUT2D eigenvalue weighted by atomic mass is 14.5. The van der Waals surface area contributed by atoms with Gasteiger partial charge in [0, 0.05) is 0 Å². The van der Waals surface area contributed by atoms with Gasteiger partial charge in [-0.1, -0.05) is 123 Å². The Labute approximate surface area is 274 Å². The molecule has 45 heavy (non-hydrogen) atoms. The zero-order valence-electron chi connectivity index (χ0n) is 28.5. The Morgan fingerprint density at radius 2 is 1.40 bits per heavy atom. The first-order valence-corrected chi connectivity index (χ1v) is 18.1. The van der Waals surface area contributed by atoms with Crippen LogP contribution in [0.4, 0.5) is 0 Å². The molecule has 4 fully saturated rings. The fourth-order valence-electron chi connectivity index (χ4n) is 8.76. The Morgan fingerprint density at radius 3 is 1.91 bits per heavy atom. The van der Waals surface area contributed by atoms with Crippen LogP contribution < -0.4 is 0 Å². The molecule has 2 aromatic rings. The fraction of sp³-hybridized carbons (Fsp3) is 0.467. The van der Waals surface area contributed by atoms with E-state index in [-0.39, 0.29) is 0 Å². The van der Waals surface area contributed by atoms with E-state index in [2.05, 4.69) is 107 Å². The summed E-state index contributed by atoms with van der Waals surface area (Å²) >= 11 is 0. The summed E-state index contributed by atoms with van der Waals surface area (Å²) in [5, 5.41) is 0. The molecule has 236 valence electrons. The molecule has 0 aliphatic heterocycles. The maximum Gasteiger partial charge on any atom is -0.0119 e. The Bertz CT molecular complexity index is 1470. The molecular weight excluding hydrogens is 540 g/mol. The average Bonchev–Trinajstić information content (AvgIpc) is 2.98. The molecule has 0 saturated heterocycles. The Kier molecular flexibility index (Phi) is 9.70. The van der Waals surface area contributed by atoms with E-state index in [0.717, 1.165) is 18.3 Å². The Morgan fingerprint density at radius 1 is 0.822 bits per heavy atom. The average molecular weight is 597 g/mol. The molecule has 4 aliphatic carbocycles. The molecule has 2 aromatic carbocycles. The van der Waals surface area contributed by atoms with Crippen LogP contribution in [-0.2, 0) is 0 Å². The fourth-order valence-corrected chi connectivity index (χ4v) is 8.76. The molecule has 0 heteroatoms. The second kappa shape index (κ2) is 13.7. The molecule has 0 heterocycles. The summed E-state index contributed by atoms with van der Waals surface area (Å²) < 4.78 is 0. The monoisotopic (exact) mass is 596 g/mol. The van der Waals surface area contributed by atoms with E-state index in [1.165, 1.54) is 122 Å². The number of hydrogen-bond donors (Lipinski definition) is 0. The number of hydrogen-bond acceptors (Lipinski definition) is 0. The van der Waals surface area contributed by atoms with Gasteiger partial charge >= 0.3 is 0 Å². The van der Waals surface area contributed by atoms with E-state index in [9.17, 15) is 0 Å². The maximum absolute atomic E-state index is 4.59. The highest BCUT2D eigenvalue weighted by Gasteiger charge is 2.46. The van der Waals surface area contributed by atoms with Crippen LogP contribution in [0.25, 0.3) is 5.57 Å². The lowest BCUT2D eigenvalue weighted by Gasteiger charge is -2.52. The second-order valence-electron chi connectivity index (χ2n) is 15.2. The first-order chi connectivity index (χ1) is 21.8. The van der Waals surface area contributed by atoms with Crippen LogP contribution >= 0.6 is 0 Å². The molecule has 4 aliphatic rings. The SMILES string of the molecule is C=C/C(=C\C(=C/C)C(=C)CC(C)c1ccc(C(=C2CC3(CCC3)C2)c2ccc(C)cc2)cc1)C1CCC(C(=C)C2CCC2)CC1. The lowest BCUT2D eigenvalue weighted by atomic mass is 9.53. The van der Waals surface area contributed by atoms with Gasteiger partial charge in [0.25, 0.3) is 0 Å². The minimum absolute atomic E-state index is 0.410. The Hall–Kier alpha value is -3.12. The smallest absolute Gasteiger partial charge is 0.0119 e. The number of rotatable bonds is 11. The van der Waals surface area contributed by atoms with Crippen LogP contribution in [0.3, 0.4) is 0 Å². The molecule has 0 aromatic heterocycles. The van der Waals surface area contributed by atoms with Crippen LogP contribution in [0.2, 0.25) is 0 Å². The normalized spacial score (nSPS) is 23.8. The number of aryl methyl sites for hydroxylation is 1. The summed E-state index contributed by atoms with van der Waals surface area (Å²) in [5.41, 5.74) is 14.7. The van der Waals surface area contributed by atoms with Crippen LogP contribution in [0, 0.1) is 30.1 Å². The van der Waals surface area contributed by atoms with Gasteiger partial charge in [0.15, 0.2) is 0 Å². The molecule has 0 bridgehead atoms. The van der Waals surface area contributed by atoms with Gasteiger partial charge in [-0.2, -0.15) is 0 Å². The van der Waals surface area contributed by atoms with Crippen molar-refractivity contribution in [3.05, 3.63) is 137 Å². The molecule has 0 amide bonds. The predicted octanol–water partition coefficient (Wildman–Crippen LogP) is 13.0. The van der Waals surface area contributed by atoms with Crippen molar-refractivity contribution >= 4 is 5.57 Å². The van der Waals surface area contributed by atoms with Crippen molar-refractivity contribution in [2.75, 3.05) is 0 Å². The molecule has 0 N–H and O–H groups in total. The van der Waals surface area contributed by atoms with E-state index >= 15 is 0 Å². The number of benzene rings is 2. The van der Waals surface area contributed by atoms with Crippen LogP contribution in [0.5, 0.6) is 0 Å². The topological polar surface area (TPSA) is 0 Å². The van der Waals surface area contributed by atoms with E-state index < -0.39 is 0 Å². The number of allylic oxidation sites excluding steroid dienone is 8. The van der Waals surface area contributed by atoms with E-state index in [1.54, 1.807) is 11.1 Å². The highest BCUT2D eigenvalue weighted by molar-refractivity contribution is 5.83. The quantitative estimate of drug-likeness (QED) is 0.179. The van der Waals surface area contributed by atoms with E-state index in [1.807, 2.05) is 0 Å². The Balaban J connectivity index is 1.10. The molecule has 1 spiro atoms. The van der Waals surface area contributed by atoms with Crippen LogP contribution in [0.1, 0.15) is 125 Å². The predicted molar refractivity (Wildman–Crippen MR) is 195 cm³/mol. The third-order valence-electron chi connectivity index (χ3n) is 12.2. The molecule has 0 nitrogen and oxygen atoms in total. The second-order valence-corrected chi connectivity index (χ2v) is 15.2. The molecule has 1 unspecified atom stereocenters. The summed E-state index contributed by atoms with van der Waals surface area (Å²) in [6.45, 7) is 20.0. The zero-order chi connectivity index (χ0) is 31.6. The summed E-state index contributed by atoms with van der Waals surface area (Å²) in [5.74, 6) is 2.56. The third kappa shape index (κ3) is 6.86. The van der Waals surface area contributed by atoms with Crippen molar-refractivity contribution in [3.8, 4) is 0 Å². The first-order valence-electron chi connectivity index (χ1n) is 18.1. The van der Waals surface area contributed by atoms with Gasteiger partial charge in [0.2, 0.25) is 0 Å². The largest absolute Gasteiger partial charge is 0.0993 e. The third-order valence-corrected chi connectivity index (χ3v) is 12.2. The summed E-state index contributed by atoms with van der Waals surface area (Å²) in [4.78, 5) is 0. The minimum Gasteiger partial charge on any atom is -0.0993 e. The zero-order valence-corrected chi connectivity index (χ0v) is 28.5. The van der Waals surface area contributed by atoms with Crippen molar-refractivity contribution in [3.63, 3.8) is 0 Å². The molecular formula is C45H56. The van der Waals surface area contributed by atoms with Gasteiger partial charge in [-0.05, 0) is 153 Å². The molecule has 4 saturated carbocycles. The van der Waals surface area contributed by atoms with E-state index in [0.29, 0.717) is 17.3 Å². The summed E-state index contributed by atoms with van der Waals surface area (Å²) in [7, 11) is 0. The van der Waals surface area contributed by atoms with Crippen LogP contribution in [0.15, 0.2) is 114 Å². The highest BCUT2D eigenvalue weighted by Crippen LogP contribution is 2.60. The van der Waals surface area contributed by atoms with Gasteiger partial charge < -0.3 is 0 Å². The van der Waals surface area contributed by atoms with Gasteiger partial charge in [-0.25, -0.2) is 0 Å². The van der Waals surface area contributed by atoms with Crippen molar-refractivity contribution in [2.24, 2.45) is 23.2 Å². The lowest BCUT2D eigenvalue weighted by molar-refractivity contribution is 0.0814. The lowest BCUT2D eigenvalue weighted by Crippen LogP contribution is -2.38. The van der Waals surface area contributed by atoms with Gasteiger partial charge in [0.1, 0.15) is 0 Å². The molecule has 1 atom stereocenters. The van der Waals surface area contributed by atoms with Crippen molar-refractivity contribution in [2.45, 2.75) is 110 Å². The first kappa shape index (κ1) is 31.8.